The molecule has 0 radical (unpaired) electrons. The minimum Gasteiger partial charge on any atom is -0.462 e. The summed E-state index contributed by atoms with van der Waals surface area (Å²) >= 11 is 0. The molecule has 80 heavy (non-hydrogen) atoms. The molecular formula is C74H144O6. The van der Waals surface area contributed by atoms with E-state index in [1.807, 2.05) is 0 Å². The van der Waals surface area contributed by atoms with Gasteiger partial charge in [-0.1, -0.05) is 400 Å². The Balaban J connectivity index is 4.00. The lowest BCUT2D eigenvalue weighted by Gasteiger charge is -2.18. The van der Waals surface area contributed by atoms with Crippen molar-refractivity contribution in [2.75, 3.05) is 13.2 Å². The summed E-state index contributed by atoms with van der Waals surface area (Å²) in [6.45, 7) is 6.71. The van der Waals surface area contributed by atoms with Crippen LogP contribution in [-0.2, 0) is 28.6 Å². The summed E-state index contributed by atoms with van der Waals surface area (Å²) in [5.74, 6) is -0.827. The molecule has 0 spiro atoms. The molecule has 0 aromatic heterocycles. The van der Waals surface area contributed by atoms with Gasteiger partial charge in [-0.15, -0.1) is 0 Å². The number of ether oxygens (including phenoxy) is 3. The molecular weight excluding hydrogens is 985 g/mol. The van der Waals surface area contributed by atoms with E-state index >= 15 is 0 Å². The van der Waals surface area contributed by atoms with E-state index in [1.165, 1.54) is 340 Å². The standard InChI is InChI=1S/C74H144O6/c1-4-7-10-13-16-19-21-23-25-27-29-31-33-35-36-37-38-40-41-43-45-47-49-51-53-55-58-61-64-67-73(76)79-70-71(69-78-72(75)66-63-60-57-18-15-12-9-6-3)80-74(77)68-65-62-59-56-54-52-50-48-46-44-42-39-34-32-30-28-26-24-22-20-17-14-11-8-5-2/h71H,4-70H2,1-3H3. The SMILES string of the molecule is CCCCCCCCCCCCCCCCCCCCCCCCCCCCCCCC(=O)OCC(COC(=O)CCCCCCCCCC)OC(=O)CCCCCCCCCCCCCCCCCCCCCCCCCCC. The topological polar surface area (TPSA) is 78.9 Å². The zero-order valence-corrected chi connectivity index (χ0v) is 54.9. The monoisotopic (exact) mass is 1130 g/mol. The fourth-order valence-electron chi connectivity index (χ4n) is 11.8. The highest BCUT2D eigenvalue weighted by Crippen LogP contribution is 2.20. The van der Waals surface area contributed by atoms with E-state index in [-0.39, 0.29) is 31.1 Å². The number of esters is 3. The van der Waals surface area contributed by atoms with Gasteiger partial charge in [0.15, 0.2) is 6.10 Å². The number of carbonyl (C=O) groups excluding carboxylic acids is 3. The van der Waals surface area contributed by atoms with Gasteiger partial charge in [-0.2, -0.15) is 0 Å². The van der Waals surface area contributed by atoms with Crippen molar-refractivity contribution in [1.82, 2.24) is 0 Å². The minimum absolute atomic E-state index is 0.0609. The van der Waals surface area contributed by atoms with Gasteiger partial charge in [-0.3, -0.25) is 14.4 Å². The summed E-state index contributed by atoms with van der Waals surface area (Å²) in [4.78, 5) is 38.3. The van der Waals surface area contributed by atoms with Crippen LogP contribution in [0.1, 0.15) is 438 Å². The molecule has 1 atom stereocenters. The average Bonchev–Trinajstić information content (AvgIpc) is 3.46. The Hall–Kier alpha value is -1.59. The second-order valence-electron chi connectivity index (χ2n) is 25.6. The fourth-order valence-corrected chi connectivity index (χ4v) is 11.8. The van der Waals surface area contributed by atoms with E-state index in [0.29, 0.717) is 19.3 Å². The minimum atomic E-state index is -0.762. The summed E-state index contributed by atoms with van der Waals surface area (Å²) in [7, 11) is 0. The first-order valence-corrected chi connectivity index (χ1v) is 37.0. The number of rotatable bonds is 70. The number of hydrogen-bond acceptors (Lipinski definition) is 6. The van der Waals surface area contributed by atoms with Gasteiger partial charge in [-0.05, 0) is 19.3 Å². The van der Waals surface area contributed by atoms with Crippen LogP contribution in [0.25, 0.3) is 0 Å². The van der Waals surface area contributed by atoms with Crippen LogP contribution in [0.5, 0.6) is 0 Å². The molecule has 476 valence electrons. The van der Waals surface area contributed by atoms with E-state index < -0.39 is 6.10 Å². The van der Waals surface area contributed by atoms with Gasteiger partial charge >= 0.3 is 17.9 Å². The zero-order chi connectivity index (χ0) is 57.8. The highest BCUT2D eigenvalue weighted by Gasteiger charge is 2.20. The molecule has 0 aliphatic rings. The van der Waals surface area contributed by atoms with E-state index in [4.69, 9.17) is 14.2 Å². The van der Waals surface area contributed by atoms with Crippen molar-refractivity contribution in [3.05, 3.63) is 0 Å². The number of hydrogen-bond donors (Lipinski definition) is 0. The Morgan fingerprint density at radius 3 is 0.500 bits per heavy atom. The van der Waals surface area contributed by atoms with Gasteiger partial charge in [0.1, 0.15) is 13.2 Å². The molecule has 0 fully saturated rings. The van der Waals surface area contributed by atoms with Gasteiger partial charge < -0.3 is 14.2 Å². The molecule has 0 heterocycles. The predicted octanol–water partition coefficient (Wildman–Crippen LogP) is 25.4. The smallest absolute Gasteiger partial charge is 0.306 e. The van der Waals surface area contributed by atoms with E-state index in [9.17, 15) is 14.4 Å². The van der Waals surface area contributed by atoms with E-state index in [1.54, 1.807) is 0 Å². The van der Waals surface area contributed by atoms with Gasteiger partial charge in [0.25, 0.3) is 0 Å². The molecule has 6 heteroatoms. The second-order valence-corrected chi connectivity index (χ2v) is 25.6. The Kier molecular flexibility index (Phi) is 68.5. The zero-order valence-electron chi connectivity index (χ0n) is 54.9. The molecule has 0 bridgehead atoms. The third kappa shape index (κ3) is 67.2. The molecule has 6 nitrogen and oxygen atoms in total. The van der Waals surface area contributed by atoms with Crippen molar-refractivity contribution in [2.24, 2.45) is 0 Å². The molecule has 0 aliphatic heterocycles. The molecule has 0 saturated heterocycles. The first kappa shape index (κ1) is 78.4. The van der Waals surface area contributed by atoms with Gasteiger partial charge in [0, 0.05) is 19.3 Å². The van der Waals surface area contributed by atoms with Crippen LogP contribution in [-0.4, -0.2) is 37.2 Å². The van der Waals surface area contributed by atoms with Crippen LogP contribution in [0.2, 0.25) is 0 Å². The van der Waals surface area contributed by atoms with E-state index in [0.717, 1.165) is 57.8 Å². The number of carbonyl (C=O) groups is 3. The van der Waals surface area contributed by atoms with Crippen LogP contribution in [0, 0.1) is 0 Å². The van der Waals surface area contributed by atoms with Gasteiger partial charge in [0.05, 0.1) is 0 Å². The van der Waals surface area contributed by atoms with Crippen molar-refractivity contribution >= 4 is 17.9 Å². The highest BCUT2D eigenvalue weighted by molar-refractivity contribution is 5.71. The summed E-state index contributed by atoms with van der Waals surface area (Å²) < 4.78 is 16.9. The molecule has 0 saturated carbocycles. The summed E-state index contributed by atoms with van der Waals surface area (Å²) in [6, 6.07) is 0. The van der Waals surface area contributed by atoms with Crippen LogP contribution in [0.3, 0.4) is 0 Å². The van der Waals surface area contributed by atoms with Crippen molar-refractivity contribution in [3.63, 3.8) is 0 Å². The average molecular weight is 1130 g/mol. The fraction of sp³-hybridized carbons (Fsp3) is 0.959. The molecule has 0 N–H and O–H groups in total. The molecule has 0 aromatic carbocycles. The van der Waals surface area contributed by atoms with Crippen molar-refractivity contribution in [3.8, 4) is 0 Å². The second kappa shape index (κ2) is 69.9. The molecule has 0 aromatic rings. The molecule has 1 unspecified atom stereocenters. The maximum Gasteiger partial charge on any atom is 0.306 e. The van der Waals surface area contributed by atoms with Crippen LogP contribution >= 0.6 is 0 Å². The largest absolute Gasteiger partial charge is 0.462 e. The summed E-state index contributed by atoms with van der Waals surface area (Å²) in [6.07, 6.45) is 83.2. The van der Waals surface area contributed by atoms with E-state index in [2.05, 4.69) is 20.8 Å². The normalized spacial score (nSPS) is 11.9. The predicted molar refractivity (Wildman–Crippen MR) is 349 cm³/mol. The lowest BCUT2D eigenvalue weighted by molar-refractivity contribution is -0.167. The van der Waals surface area contributed by atoms with Crippen molar-refractivity contribution < 1.29 is 28.6 Å². The summed E-state index contributed by atoms with van der Waals surface area (Å²) in [5, 5.41) is 0. The lowest BCUT2D eigenvalue weighted by atomic mass is 10.0. The Morgan fingerprint density at radius 1 is 0.200 bits per heavy atom. The lowest BCUT2D eigenvalue weighted by Crippen LogP contribution is -2.30. The third-order valence-corrected chi connectivity index (χ3v) is 17.4. The molecule has 0 amide bonds. The summed E-state index contributed by atoms with van der Waals surface area (Å²) in [5.41, 5.74) is 0. The highest BCUT2D eigenvalue weighted by atomic mass is 16.6. The number of unbranched alkanes of at least 4 members (excludes halogenated alkanes) is 59. The Labute approximate surface area is 501 Å². The maximum absolute atomic E-state index is 12.9. The first-order chi connectivity index (χ1) is 39.5. The van der Waals surface area contributed by atoms with Crippen molar-refractivity contribution in [1.29, 1.82) is 0 Å². The molecule has 0 aliphatic carbocycles. The Morgan fingerprint density at radius 2 is 0.338 bits per heavy atom. The Bertz CT molecular complexity index is 1200. The molecule has 0 rings (SSSR count). The quantitative estimate of drug-likeness (QED) is 0.0343. The van der Waals surface area contributed by atoms with Crippen molar-refractivity contribution in [2.45, 2.75) is 444 Å². The third-order valence-electron chi connectivity index (χ3n) is 17.4. The van der Waals surface area contributed by atoms with Crippen LogP contribution in [0.4, 0.5) is 0 Å². The van der Waals surface area contributed by atoms with Crippen LogP contribution in [0.15, 0.2) is 0 Å². The van der Waals surface area contributed by atoms with Gasteiger partial charge in [0.2, 0.25) is 0 Å². The van der Waals surface area contributed by atoms with Crippen LogP contribution < -0.4 is 0 Å². The maximum atomic E-state index is 12.9. The first-order valence-electron chi connectivity index (χ1n) is 37.0. The van der Waals surface area contributed by atoms with Gasteiger partial charge in [-0.25, -0.2) is 0 Å².